The Morgan fingerprint density at radius 3 is 2.89 bits per heavy atom. The van der Waals surface area contributed by atoms with Gasteiger partial charge in [-0.05, 0) is 0 Å². The van der Waals surface area contributed by atoms with Crippen LogP contribution in [-0.2, 0) is 0 Å². The second kappa shape index (κ2) is 2.06. The topological polar surface area (TPSA) is 60.9 Å². The molecule has 0 aliphatic carbocycles. The van der Waals surface area contributed by atoms with Gasteiger partial charge in [-0.1, -0.05) is 0 Å². The number of nitrogens with two attached hydrogens (primary N) is 1. The maximum absolute atomic E-state index is 10.5. The molecule has 0 aliphatic heterocycles. The normalized spacial score (nSPS) is 9.44. The summed E-state index contributed by atoms with van der Waals surface area (Å²) in [7, 11) is 0. The van der Waals surface area contributed by atoms with E-state index in [-0.39, 0.29) is 0 Å². The number of nitrogens with zero attached hydrogens (tertiary/aromatic N) is 2. The lowest BCUT2D eigenvalue weighted by Gasteiger charge is -1.89. The Bertz CT molecular complexity index is 269. The van der Waals surface area contributed by atoms with E-state index in [1.54, 1.807) is 0 Å². The summed E-state index contributed by atoms with van der Waals surface area (Å²) in [6.45, 7) is 0. The largest absolute Gasteiger partial charge is 0.397 e. The van der Waals surface area contributed by atoms with Crippen LogP contribution < -0.4 is 11.3 Å². The van der Waals surface area contributed by atoms with Crippen LogP contribution in [-0.4, -0.2) is 9.30 Å². The van der Waals surface area contributed by atoms with Gasteiger partial charge < -0.3 is 5.73 Å². The minimum Gasteiger partial charge on any atom is -0.397 e. The average Bonchev–Trinajstić information content (AvgIpc) is 1.80. The molecule has 0 bridgehead atoms. The molecule has 0 saturated carbocycles. The summed E-state index contributed by atoms with van der Waals surface area (Å²) in [5.74, 6) is 0. The van der Waals surface area contributed by atoms with Gasteiger partial charge in [0.05, 0.1) is 11.9 Å². The predicted molar refractivity (Wildman–Crippen MR) is 34.2 cm³/mol. The molecule has 0 atom stereocenters. The van der Waals surface area contributed by atoms with Crippen molar-refractivity contribution in [2.24, 2.45) is 0 Å². The molecule has 1 aromatic rings. The lowest BCUT2D eigenvalue weighted by atomic mass is 10.5. The van der Waals surface area contributed by atoms with Crippen molar-refractivity contribution >= 4 is 17.5 Å². The van der Waals surface area contributed by atoms with E-state index in [0.29, 0.717) is 9.89 Å². The Labute approximate surface area is 56.0 Å². The SMILES string of the molecule is Nc1cnn(Cl)c(=O)c1. The first-order chi connectivity index (χ1) is 4.20. The minimum absolute atomic E-state index is 0.317. The molecule has 0 amide bonds. The van der Waals surface area contributed by atoms with Crippen molar-refractivity contribution in [3.63, 3.8) is 0 Å². The van der Waals surface area contributed by atoms with Crippen LogP contribution in [0.5, 0.6) is 0 Å². The Hall–Kier alpha value is -1.03. The van der Waals surface area contributed by atoms with E-state index in [1.165, 1.54) is 12.3 Å². The lowest BCUT2D eigenvalue weighted by Crippen LogP contribution is -2.14. The van der Waals surface area contributed by atoms with Crippen molar-refractivity contribution in [2.75, 3.05) is 5.73 Å². The Morgan fingerprint density at radius 2 is 2.44 bits per heavy atom. The third kappa shape index (κ3) is 1.20. The first kappa shape index (κ1) is 6.10. The van der Waals surface area contributed by atoms with E-state index in [0.717, 1.165) is 0 Å². The van der Waals surface area contributed by atoms with E-state index in [4.69, 9.17) is 17.5 Å². The monoisotopic (exact) mass is 145 g/mol. The minimum atomic E-state index is -0.420. The molecule has 2 N–H and O–H groups in total. The first-order valence-electron chi connectivity index (χ1n) is 2.21. The van der Waals surface area contributed by atoms with E-state index in [2.05, 4.69) is 5.10 Å². The van der Waals surface area contributed by atoms with Crippen molar-refractivity contribution in [3.8, 4) is 0 Å². The first-order valence-corrected chi connectivity index (χ1v) is 2.55. The van der Waals surface area contributed by atoms with Crippen LogP contribution >= 0.6 is 11.8 Å². The van der Waals surface area contributed by atoms with Crippen LogP contribution in [0.25, 0.3) is 0 Å². The van der Waals surface area contributed by atoms with Crippen molar-refractivity contribution in [1.82, 2.24) is 9.30 Å². The van der Waals surface area contributed by atoms with E-state index in [1.807, 2.05) is 0 Å². The highest BCUT2D eigenvalue weighted by Crippen LogP contribution is 1.89. The van der Waals surface area contributed by atoms with Gasteiger partial charge in [0.2, 0.25) is 0 Å². The van der Waals surface area contributed by atoms with Gasteiger partial charge >= 0.3 is 0 Å². The van der Waals surface area contributed by atoms with Crippen molar-refractivity contribution in [3.05, 3.63) is 22.6 Å². The van der Waals surface area contributed by atoms with Gasteiger partial charge in [-0.15, -0.1) is 4.20 Å². The molecule has 1 aromatic heterocycles. The summed E-state index contributed by atoms with van der Waals surface area (Å²) < 4.78 is 0.691. The molecular formula is C4H4ClN3O. The maximum Gasteiger partial charge on any atom is 0.284 e. The molecule has 0 radical (unpaired) electrons. The third-order valence-corrected chi connectivity index (χ3v) is 1.03. The van der Waals surface area contributed by atoms with Crippen LogP contribution in [0.4, 0.5) is 5.69 Å². The van der Waals surface area contributed by atoms with Crippen LogP contribution in [0.2, 0.25) is 0 Å². The van der Waals surface area contributed by atoms with Crippen LogP contribution in [0, 0.1) is 0 Å². The molecular weight excluding hydrogens is 142 g/mol. The number of anilines is 1. The molecule has 9 heavy (non-hydrogen) atoms. The molecule has 1 rings (SSSR count). The van der Waals surface area contributed by atoms with Gasteiger partial charge in [0.25, 0.3) is 5.56 Å². The predicted octanol–water partition coefficient (Wildman–Crippen LogP) is -0.173. The fraction of sp³-hybridized carbons (Fsp3) is 0. The van der Waals surface area contributed by atoms with E-state index < -0.39 is 5.56 Å². The van der Waals surface area contributed by atoms with Gasteiger partial charge in [0.1, 0.15) is 0 Å². The van der Waals surface area contributed by atoms with Gasteiger partial charge in [0, 0.05) is 17.8 Å². The molecule has 4 nitrogen and oxygen atoms in total. The number of hydrogen-bond acceptors (Lipinski definition) is 3. The summed E-state index contributed by atoms with van der Waals surface area (Å²) >= 11 is 5.22. The van der Waals surface area contributed by atoms with Gasteiger partial charge in [-0.2, -0.15) is 5.10 Å². The summed E-state index contributed by atoms with van der Waals surface area (Å²) in [6.07, 6.45) is 1.30. The second-order valence-corrected chi connectivity index (χ2v) is 1.81. The highest BCUT2D eigenvalue weighted by atomic mass is 35.5. The molecule has 5 heteroatoms. The molecule has 48 valence electrons. The number of aromatic nitrogens is 2. The molecule has 0 aliphatic rings. The molecule has 1 heterocycles. The van der Waals surface area contributed by atoms with Crippen molar-refractivity contribution in [2.45, 2.75) is 0 Å². The zero-order valence-corrected chi connectivity index (χ0v) is 5.17. The number of hydrogen-bond donors (Lipinski definition) is 1. The molecule has 0 fully saturated rings. The number of rotatable bonds is 0. The summed E-state index contributed by atoms with van der Waals surface area (Å²) in [6, 6.07) is 1.19. The Kier molecular flexibility index (Phi) is 1.40. The highest BCUT2D eigenvalue weighted by Gasteiger charge is 1.90. The fourth-order valence-electron chi connectivity index (χ4n) is 0.407. The number of halogens is 1. The van der Waals surface area contributed by atoms with Crippen molar-refractivity contribution in [1.29, 1.82) is 0 Å². The highest BCUT2D eigenvalue weighted by molar-refractivity contribution is 6.14. The zero-order valence-electron chi connectivity index (χ0n) is 4.41. The fourth-order valence-corrected chi connectivity index (χ4v) is 0.500. The van der Waals surface area contributed by atoms with Crippen molar-refractivity contribution < 1.29 is 0 Å². The zero-order chi connectivity index (χ0) is 6.85. The smallest absolute Gasteiger partial charge is 0.284 e. The Balaban J connectivity index is 3.34. The second-order valence-electron chi connectivity index (χ2n) is 1.49. The van der Waals surface area contributed by atoms with Gasteiger partial charge in [0.15, 0.2) is 0 Å². The molecule has 0 spiro atoms. The van der Waals surface area contributed by atoms with Gasteiger partial charge in [-0.3, -0.25) is 4.79 Å². The van der Waals surface area contributed by atoms with Crippen LogP contribution in [0.15, 0.2) is 17.1 Å². The third-order valence-electron chi connectivity index (χ3n) is 0.780. The maximum atomic E-state index is 10.5. The van der Waals surface area contributed by atoms with E-state index >= 15 is 0 Å². The number of nitrogen functional groups attached to an aromatic ring is 1. The summed E-state index contributed by atoms with van der Waals surface area (Å²) in [5.41, 5.74) is 5.09. The average molecular weight is 146 g/mol. The van der Waals surface area contributed by atoms with Gasteiger partial charge in [-0.25, -0.2) is 0 Å². The van der Waals surface area contributed by atoms with Crippen LogP contribution in [0.1, 0.15) is 0 Å². The molecule has 0 unspecified atom stereocenters. The summed E-state index contributed by atoms with van der Waals surface area (Å²) in [5, 5.41) is 3.42. The lowest BCUT2D eigenvalue weighted by molar-refractivity contribution is 0.905. The molecule has 0 aromatic carbocycles. The molecule has 0 saturated heterocycles. The Morgan fingerprint density at radius 1 is 1.78 bits per heavy atom. The standard InChI is InChI=1S/C4H4ClN3O/c5-8-4(9)1-3(6)2-7-8/h1-2H,6H2. The van der Waals surface area contributed by atoms with Crippen LogP contribution in [0.3, 0.4) is 0 Å². The summed E-state index contributed by atoms with van der Waals surface area (Å²) in [4.78, 5) is 10.5. The quantitative estimate of drug-likeness (QED) is 0.551. The van der Waals surface area contributed by atoms with E-state index in [9.17, 15) is 4.79 Å².